The molecule has 1 fully saturated rings. The van der Waals surface area contributed by atoms with E-state index in [1.807, 2.05) is 6.20 Å². The maximum absolute atomic E-state index is 4.47. The third-order valence-electron chi connectivity index (χ3n) is 3.49. The third-order valence-corrected chi connectivity index (χ3v) is 3.49. The standard InChI is InChI=1S/C14H18N4/c1-3-5-10-7-18(8-10)14-12-11(4-2)6-15-13(12)16-9-17-14/h5-6,9H,3-4,7-8H2,1-2H3,(H,15,16,17). The summed E-state index contributed by atoms with van der Waals surface area (Å²) in [5.74, 6) is 1.08. The number of allylic oxidation sites excluding steroid dienone is 1. The molecule has 18 heavy (non-hydrogen) atoms. The minimum absolute atomic E-state index is 0.949. The molecule has 94 valence electrons. The molecule has 0 bridgehead atoms. The monoisotopic (exact) mass is 242 g/mol. The average Bonchev–Trinajstić information content (AvgIpc) is 2.76. The van der Waals surface area contributed by atoms with Crippen LogP contribution in [-0.4, -0.2) is 28.0 Å². The van der Waals surface area contributed by atoms with Crippen molar-refractivity contribution < 1.29 is 0 Å². The van der Waals surface area contributed by atoms with Gasteiger partial charge in [0, 0.05) is 19.3 Å². The van der Waals surface area contributed by atoms with E-state index in [4.69, 9.17) is 0 Å². The zero-order valence-electron chi connectivity index (χ0n) is 10.9. The normalized spacial score (nSPS) is 15.0. The van der Waals surface area contributed by atoms with E-state index in [1.54, 1.807) is 6.33 Å². The second kappa shape index (κ2) is 4.44. The van der Waals surface area contributed by atoms with Gasteiger partial charge in [0.25, 0.3) is 0 Å². The molecule has 0 aromatic carbocycles. The Kier molecular flexibility index (Phi) is 2.78. The molecule has 2 aromatic heterocycles. The van der Waals surface area contributed by atoms with E-state index < -0.39 is 0 Å². The molecular formula is C14H18N4. The fourth-order valence-electron chi connectivity index (χ4n) is 2.54. The van der Waals surface area contributed by atoms with Crippen molar-refractivity contribution in [2.75, 3.05) is 18.0 Å². The van der Waals surface area contributed by atoms with Crippen LogP contribution in [0.2, 0.25) is 0 Å². The van der Waals surface area contributed by atoms with E-state index in [0.29, 0.717) is 0 Å². The molecule has 1 N–H and O–H groups in total. The summed E-state index contributed by atoms with van der Waals surface area (Å²) < 4.78 is 0. The van der Waals surface area contributed by atoms with Crippen molar-refractivity contribution in [2.45, 2.75) is 26.7 Å². The van der Waals surface area contributed by atoms with Crippen molar-refractivity contribution in [1.29, 1.82) is 0 Å². The number of anilines is 1. The van der Waals surface area contributed by atoms with Crippen molar-refractivity contribution in [2.24, 2.45) is 0 Å². The average molecular weight is 242 g/mol. The van der Waals surface area contributed by atoms with Gasteiger partial charge in [-0.1, -0.05) is 19.9 Å². The predicted octanol–water partition coefficient (Wildman–Crippen LogP) is 2.68. The topological polar surface area (TPSA) is 44.8 Å². The van der Waals surface area contributed by atoms with Gasteiger partial charge < -0.3 is 9.88 Å². The number of hydrogen-bond acceptors (Lipinski definition) is 3. The molecule has 3 rings (SSSR count). The Bertz CT molecular complexity index is 589. The Labute approximate surface area is 107 Å². The molecule has 4 nitrogen and oxygen atoms in total. The highest BCUT2D eigenvalue weighted by molar-refractivity contribution is 5.91. The number of hydrogen-bond donors (Lipinski definition) is 1. The van der Waals surface area contributed by atoms with Gasteiger partial charge in [-0.2, -0.15) is 0 Å². The molecule has 1 aliphatic rings. The van der Waals surface area contributed by atoms with Crippen LogP contribution in [0.5, 0.6) is 0 Å². The highest BCUT2D eigenvalue weighted by Crippen LogP contribution is 2.31. The first-order valence-electron chi connectivity index (χ1n) is 6.57. The lowest BCUT2D eigenvalue weighted by Crippen LogP contribution is -2.40. The van der Waals surface area contributed by atoms with Gasteiger partial charge in [0.2, 0.25) is 0 Å². The second-order valence-electron chi connectivity index (χ2n) is 4.72. The van der Waals surface area contributed by atoms with Crippen LogP contribution in [0.4, 0.5) is 5.82 Å². The summed E-state index contributed by atoms with van der Waals surface area (Å²) in [7, 11) is 0. The van der Waals surface area contributed by atoms with Crippen molar-refractivity contribution >= 4 is 16.9 Å². The molecule has 0 aliphatic carbocycles. The van der Waals surface area contributed by atoms with Crippen molar-refractivity contribution in [1.82, 2.24) is 15.0 Å². The molecule has 0 radical (unpaired) electrons. The van der Waals surface area contributed by atoms with E-state index in [-0.39, 0.29) is 0 Å². The predicted molar refractivity (Wildman–Crippen MR) is 73.9 cm³/mol. The van der Waals surface area contributed by atoms with Crippen molar-refractivity contribution in [3.05, 3.63) is 29.7 Å². The molecule has 1 aliphatic heterocycles. The van der Waals surface area contributed by atoms with Gasteiger partial charge in [-0.15, -0.1) is 0 Å². The smallest absolute Gasteiger partial charge is 0.143 e. The first-order chi connectivity index (χ1) is 8.83. The molecule has 1 saturated heterocycles. The Morgan fingerprint density at radius 3 is 2.89 bits per heavy atom. The summed E-state index contributed by atoms with van der Waals surface area (Å²) in [6, 6.07) is 0. The minimum Gasteiger partial charge on any atom is -0.348 e. The van der Waals surface area contributed by atoms with Gasteiger partial charge in [-0.05, 0) is 24.0 Å². The van der Waals surface area contributed by atoms with Gasteiger partial charge in [-0.25, -0.2) is 9.97 Å². The molecule has 4 heteroatoms. The van der Waals surface area contributed by atoms with E-state index >= 15 is 0 Å². The Hall–Kier alpha value is -1.84. The lowest BCUT2D eigenvalue weighted by atomic mass is 10.1. The van der Waals surface area contributed by atoms with Gasteiger partial charge in [0.05, 0.1) is 5.39 Å². The van der Waals surface area contributed by atoms with Gasteiger partial charge >= 0.3 is 0 Å². The lowest BCUT2D eigenvalue weighted by molar-refractivity contribution is 0.753. The second-order valence-corrected chi connectivity index (χ2v) is 4.72. The molecule has 0 unspecified atom stereocenters. The first kappa shape index (κ1) is 11.3. The van der Waals surface area contributed by atoms with Gasteiger partial charge in [-0.3, -0.25) is 0 Å². The van der Waals surface area contributed by atoms with Gasteiger partial charge in [0.15, 0.2) is 0 Å². The Balaban J connectivity index is 1.98. The highest BCUT2D eigenvalue weighted by Gasteiger charge is 2.24. The van der Waals surface area contributed by atoms with E-state index in [2.05, 4.69) is 39.8 Å². The number of aryl methyl sites for hydroxylation is 1. The van der Waals surface area contributed by atoms with Crippen LogP contribution < -0.4 is 4.90 Å². The highest BCUT2D eigenvalue weighted by atomic mass is 15.2. The van der Waals surface area contributed by atoms with Crippen LogP contribution in [-0.2, 0) is 6.42 Å². The maximum Gasteiger partial charge on any atom is 0.143 e. The van der Waals surface area contributed by atoms with Crippen molar-refractivity contribution in [3.8, 4) is 0 Å². The van der Waals surface area contributed by atoms with Crippen LogP contribution in [0.1, 0.15) is 25.8 Å². The Morgan fingerprint density at radius 1 is 1.33 bits per heavy atom. The SMILES string of the molecule is CCC=C1CN(c2ncnc3[nH]cc(CC)c23)C1. The van der Waals surface area contributed by atoms with Crippen LogP contribution >= 0.6 is 0 Å². The zero-order valence-corrected chi connectivity index (χ0v) is 10.9. The molecule has 0 amide bonds. The molecule has 3 heterocycles. The van der Waals surface area contributed by atoms with E-state index in [1.165, 1.54) is 16.5 Å². The molecule has 0 atom stereocenters. The molecule has 0 spiro atoms. The number of fused-ring (bicyclic) bond motifs is 1. The van der Waals surface area contributed by atoms with Crippen LogP contribution in [0.3, 0.4) is 0 Å². The summed E-state index contributed by atoms with van der Waals surface area (Å²) >= 11 is 0. The summed E-state index contributed by atoms with van der Waals surface area (Å²) in [4.78, 5) is 14.3. The number of H-pyrrole nitrogens is 1. The molecule has 0 saturated carbocycles. The first-order valence-corrected chi connectivity index (χ1v) is 6.57. The summed E-state index contributed by atoms with van der Waals surface area (Å²) in [6.45, 7) is 6.36. The fourth-order valence-corrected chi connectivity index (χ4v) is 2.54. The van der Waals surface area contributed by atoms with E-state index in [9.17, 15) is 0 Å². The van der Waals surface area contributed by atoms with Crippen LogP contribution in [0, 0.1) is 0 Å². The fraction of sp³-hybridized carbons (Fsp3) is 0.429. The number of aromatic amines is 1. The number of nitrogens with zero attached hydrogens (tertiary/aromatic N) is 3. The van der Waals surface area contributed by atoms with Crippen LogP contribution in [0.25, 0.3) is 11.0 Å². The third kappa shape index (κ3) is 1.68. The zero-order chi connectivity index (χ0) is 12.5. The number of rotatable bonds is 3. The number of nitrogens with one attached hydrogen (secondary N) is 1. The van der Waals surface area contributed by atoms with Crippen LogP contribution in [0.15, 0.2) is 24.2 Å². The largest absolute Gasteiger partial charge is 0.348 e. The van der Waals surface area contributed by atoms with E-state index in [0.717, 1.165) is 37.4 Å². The lowest BCUT2D eigenvalue weighted by Gasteiger charge is -2.35. The van der Waals surface area contributed by atoms with Gasteiger partial charge in [0.1, 0.15) is 17.8 Å². The summed E-state index contributed by atoms with van der Waals surface area (Å²) in [5.41, 5.74) is 3.76. The summed E-state index contributed by atoms with van der Waals surface area (Å²) in [6.07, 6.45) is 8.13. The Morgan fingerprint density at radius 2 is 2.17 bits per heavy atom. The molecule has 2 aromatic rings. The minimum atomic E-state index is 0.949. The summed E-state index contributed by atoms with van der Waals surface area (Å²) in [5, 5.41) is 1.19. The quantitative estimate of drug-likeness (QED) is 0.842. The van der Waals surface area contributed by atoms with Crippen molar-refractivity contribution in [3.63, 3.8) is 0 Å². The molecular weight excluding hydrogens is 224 g/mol. The maximum atomic E-state index is 4.47. The number of aromatic nitrogens is 3.